The van der Waals surface area contributed by atoms with Crippen molar-refractivity contribution in [2.75, 3.05) is 10.8 Å². The Morgan fingerprint density at radius 3 is 2.15 bits per heavy atom. The summed E-state index contributed by atoms with van der Waals surface area (Å²) in [4.78, 5) is 30.4. The van der Waals surface area contributed by atoms with Gasteiger partial charge in [-0.1, -0.05) is 108 Å². The predicted octanol–water partition coefficient (Wildman–Crippen LogP) is 7.50. The van der Waals surface area contributed by atoms with E-state index in [1.165, 1.54) is 17.0 Å². The fourth-order valence-corrected chi connectivity index (χ4v) is 7.79. The van der Waals surface area contributed by atoms with E-state index in [1.807, 2.05) is 43.3 Å². The Bertz CT molecular complexity index is 1810. The number of aryl methyl sites for hydroxylation is 1. The lowest BCUT2D eigenvalue weighted by molar-refractivity contribution is -0.140. The first-order valence-corrected chi connectivity index (χ1v) is 18.0. The monoisotopic (exact) mass is 691 g/mol. The number of rotatable bonds is 12. The van der Waals surface area contributed by atoms with Gasteiger partial charge in [-0.2, -0.15) is 0 Å². The van der Waals surface area contributed by atoms with Crippen molar-refractivity contribution in [1.82, 2.24) is 10.2 Å². The summed E-state index contributed by atoms with van der Waals surface area (Å²) < 4.78 is 29.7. The summed E-state index contributed by atoms with van der Waals surface area (Å²) in [7, 11) is -4.24. The number of carbonyl (C=O) groups excluding carboxylic acids is 2. The van der Waals surface area contributed by atoms with Gasteiger partial charge < -0.3 is 10.2 Å². The van der Waals surface area contributed by atoms with Gasteiger partial charge >= 0.3 is 0 Å². The van der Waals surface area contributed by atoms with Crippen LogP contribution in [0, 0.1) is 13.8 Å². The van der Waals surface area contributed by atoms with Crippen LogP contribution in [0.3, 0.4) is 0 Å². The summed E-state index contributed by atoms with van der Waals surface area (Å²) in [6.07, 6.45) is 4.04. The van der Waals surface area contributed by atoms with Gasteiger partial charge in [0.2, 0.25) is 11.8 Å². The summed E-state index contributed by atoms with van der Waals surface area (Å²) in [5, 5.41) is 3.99. The molecule has 4 aromatic carbocycles. The zero-order valence-corrected chi connectivity index (χ0v) is 28.9. The van der Waals surface area contributed by atoms with Gasteiger partial charge in [-0.15, -0.1) is 0 Å². The van der Waals surface area contributed by atoms with Gasteiger partial charge in [0, 0.05) is 29.1 Å². The first kappa shape index (κ1) is 34.5. The summed E-state index contributed by atoms with van der Waals surface area (Å²) in [6.45, 7) is 3.02. The van der Waals surface area contributed by atoms with Crippen molar-refractivity contribution in [3.8, 4) is 0 Å². The third kappa shape index (κ3) is 8.36. The number of carbonyl (C=O) groups is 2. The maximum Gasteiger partial charge on any atom is 0.264 e. The predicted molar refractivity (Wildman–Crippen MR) is 188 cm³/mol. The highest BCUT2D eigenvalue weighted by Gasteiger charge is 2.36. The topological polar surface area (TPSA) is 86.8 Å². The second kappa shape index (κ2) is 15.4. The number of amides is 2. The molecule has 0 unspecified atom stereocenters. The molecule has 0 aromatic heterocycles. The summed E-state index contributed by atoms with van der Waals surface area (Å²) >= 11 is 13.1. The molecule has 7 nitrogen and oxygen atoms in total. The van der Waals surface area contributed by atoms with E-state index in [-0.39, 0.29) is 35.5 Å². The Kier molecular flexibility index (Phi) is 11.3. The number of hydrogen-bond acceptors (Lipinski definition) is 4. The third-order valence-corrected chi connectivity index (χ3v) is 11.2. The number of nitrogens with one attached hydrogen (secondary N) is 1. The van der Waals surface area contributed by atoms with Crippen molar-refractivity contribution in [2.45, 2.75) is 69.5 Å². The molecule has 0 saturated heterocycles. The summed E-state index contributed by atoms with van der Waals surface area (Å²) in [5.74, 6) is -0.837. The smallest absolute Gasteiger partial charge is 0.264 e. The van der Waals surface area contributed by atoms with Gasteiger partial charge in [0.15, 0.2) is 0 Å². The van der Waals surface area contributed by atoms with Crippen molar-refractivity contribution >= 4 is 50.7 Å². The van der Waals surface area contributed by atoms with Crippen LogP contribution in [0.15, 0.2) is 102 Å². The number of sulfonamides is 1. The highest BCUT2D eigenvalue weighted by atomic mass is 35.5. The molecule has 246 valence electrons. The Morgan fingerprint density at radius 1 is 0.830 bits per heavy atom. The molecule has 4 aromatic rings. The zero-order chi connectivity index (χ0) is 33.6. The lowest BCUT2D eigenvalue weighted by atomic mass is 10.0. The van der Waals surface area contributed by atoms with Crippen molar-refractivity contribution in [3.63, 3.8) is 0 Å². The molecule has 10 heteroatoms. The fraction of sp³-hybridized carbons (Fsp3) is 0.297. The highest BCUT2D eigenvalue weighted by molar-refractivity contribution is 7.92. The minimum absolute atomic E-state index is 0.00103. The van der Waals surface area contributed by atoms with E-state index in [0.29, 0.717) is 21.2 Å². The Balaban J connectivity index is 1.60. The Labute approximate surface area is 287 Å². The third-order valence-electron chi connectivity index (χ3n) is 8.67. The van der Waals surface area contributed by atoms with E-state index in [1.54, 1.807) is 55.5 Å². The van der Waals surface area contributed by atoms with E-state index < -0.39 is 28.5 Å². The SMILES string of the molecule is Cc1ccc(S(=O)(=O)N(CC(=O)N(Cc2ccccc2Cl)[C@H](Cc2ccccc2)C(=O)NC2CCCC2)c2cccc(Cl)c2C)cc1. The van der Waals surface area contributed by atoms with Crippen molar-refractivity contribution in [3.05, 3.63) is 129 Å². The molecule has 2 amide bonds. The molecule has 0 heterocycles. The van der Waals surface area contributed by atoms with Crippen LogP contribution in [0.5, 0.6) is 0 Å². The van der Waals surface area contributed by atoms with E-state index >= 15 is 0 Å². The number of nitrogens with zero attached hydrogens (tertiary/aromatic N) is 2. The van der Waals surface area contributed by atoms with Crippen LogP contribution in [-0.2, 0) is 32.6 Å². The Hall–Kier alpha value is -3.85. The standard InChI is InChI=1S/C37H39Cl2N3O4S/c1-26-19-21-31(22-20-26)47(45,46)42(34-18-10-17-32(38)27(34)2)25-36(43)41(24-29-13-6-9-16-33(29)39)35(23-28-11-4-3-5-12-28)37(44)40-30-14-7-8-15-30/h3-6,9-13,16-22,30,35H,7-8,14-15,23-25H2,1-2H3,(H,40,44)/t35-/m1/s1. The van der Waals surface area contributed by atoms with Gasteiger partial charge in [-0.25, -0.2) is 8.42 Å². The second-order valence-corrected chi connectivity index (χ2v) is 14.7. The first-order chi connectivity index (χ1) is 22.5. The van der Waals surface area contributed by atoms with Crippen molar-refractivity contribution in [1.29, 1.82) is 0 Å². The molecule has 0 spiro atoms. The van der Waals surface area contributed by atoms with Crippen LogP contribution in [0.2, 0.25) is 10.0 Å². The molecule has 0 aliphatic heterocycles. The maximum atomic E-state index is 14.7. The van der Waals surface area contributed by atoms with Gasteiger partial charge in [0.25, 0.3) is 10.0 Å². The first-order valence-electron chi connectivity index (χ1n) is 15.8. The maximum absolute atomic E-state index is 14.7. The molecule has 0 bridgehead atoms. The van der Waals surface area contributed by atoms with Crippen LogP contribution in [0.4, 0.5) is 5.69 Å². The largest absolute Gasteiger partial charge is 0.352 e. The fourth-order valence-electron chi connectivity index (χ4n) is 5.95. The van der Waals surface area contributed by atoms with Crippen LogP contribution < -0.4 is 9.62 Å². The van der Waals surface area contributed by atoms with E-state index in [4.69, 9.17) is 23.2 Å². The van der Waals surface area contributed by atoms with Gasteiger partial charge in [0.05, 0.1) is 10.6 Å². The molecule has 1 aliphatic carbocycles. The molecule has 1 saturated carbocycles. The summed E-state index contributed by atoms with van der Waals surface area (Å²) in [6, 6.07) is 27.2. The number of halogens is 2. The molecule has 5 rings (SSSR count). The van der Waals surface area contributed by atoms with E-state index in [2.05, 4.69) is 5.32 Å². The average molecular weight is 693 g/mol. The molecule has 47 heavy (non-hydrogen) atoms. The minimum atomic E-state index is -4.24. The van der Waals surface area contributed by atoms with Crippen molar-refractivity contribution < 1.29 is 18.0 Å². The van der Waals surface area contributed by atoms with Gasteiger partial charge in [0.1, 0.15) is 12.6 Å². The van der Waals surface area contributed by atoms with E-state index in [0.717, 1.165) is 41.1 Å². The van der Waals surface area contributed by atoms with Crippen LogP contribution >= 0.6 is 23.2 Å². The van der Waals surface area contributed by atoms with Crippen LogP contribution in [-0.4, -0.2) is 43.8 Å². The lowest BCUT2D eigenvalue weighted by Crippen LogP contribution is -2.54. The van der Waals surface area contributed by atoms with Gasteiger partial charge in [-0.05, 0) is 73.7 Å². The lowest BCUT2D eigenvalue weighted by Gasteiger charge is -2.35. The number of anilines is 1. The van der Waals surface area contributed by atoms with Crippen molar-refractivity contribution in [2.24, 2.45) is 0 Å². The quantitative estimate of drug-likeness (QED) is 0.167. The Morgan fingerprint density at radius 2 is 1.47 bits per heavy atom. The highest BCUT2D eigenvalue weighted by Crippen LogP contribution is 2.32. The number of benzene rings is 4. The molecule has 1 aliphatic rings. The summed E-state index contributed by atoms with van der Waals surface area (Å²) in [5.41, 5.74) is 3.19. The molecular weight excluding hydrogens is 653 g/mol. The van der Waals surface area contributed by atoms with E-state index in [9.17, 15) is 18.0 Å². The van der Waals surface area contributed by atoms with Crippen LogP contribution in [0.1, 0.15) is 47.9 Å². The molecule has 1 atom stereocenters. The second-order valence-electron chi connectivity index (χ2n) is 12.0. The normalized spacial score (nSPS) is 14.0. The molecule has 1 N–H and O–H groups in total. The minimum Gasteiger partial charge on any atom is -0.352 e. The van der Waals surface area contributed by atoms with Gasteiger partial charge in [-0.3, -0.25) is 13.9 Å². The average Bonchev–Trinajstić information content (AvgIpc) is 3.57. The number of hydrogen-bond donors (Lipinski definition) is 1. The molecule has 1 fully saturated rings. The molecular formula is C37H39Cl2N3O4S. The molecule has 0 radical (unpaired) electrons. The zero-order valence-electron chi connectivity index (χ0n) is 26.5. The van der Waals surface area contributed by atoms with Crippen LogP contribution in [0.25, 0.3) is 0 Å².